The summed E-state index contributed by atoms with van der Waals surface area (Å²) in [7, 11) is 0. The lowest BCUT2D eigenvalue weighted by molar-refractivity contribution is -0.135. The fourth-order valence-electron chi connectivity index (χ4n) is 1.83. The second-order valence-corrected chi connectivity index (χ2v) is 5.95. The third kappa shape index (κ3) is 3.75. The molecule has 2 amide bonds. The highest BCUT2D eigenvalue weighted by Crippen LogP contribution is 2.25. The summed E-state index contributed by atoms with van der Waals surface area (Å²) in [6.07, 6.45) is -0.633. The van der Waals surface area contributed by atoms with Crippen molar-refractivity contribution in [2.24, 2.45) is 0 Å². The van der Waals surface area contributed by atoms with Crippen molar-refractivity contribution >= 4 is 23.7 Å². The molecule has 0 bridgehead atoms. The first-order valence-electron chi connectivity index (χ1n) is 6.82. The quantitative estimate of drug-likeness (QED) is 0.612. The van der Waals surface area contributed by atoms with E-state index >= 15 is 0 Å². The van der Waals surface area contributed by atoms with Crippen LogP contribution in [0, 0.1) is 0 Å². The Hall–Kier alpha value is -2.57. The van der Waals surface area contributed by atoms with Crippen LogP contribution in [-0.4, -0.2) is 29.6 Å². The number of amides is 2. The molecule has 0 saturated heterocycles. The third-order valence-corrected chi connectivity index (χ3v) is 2.78. The minimum absolute atomic E-state index is 0.154. The van der Waals surface area contributed by atoms with Gasteiger partial charge in [-0.15, -0.1) is 0 Å². The van der Waals surface area contributed by atoms with Crippen LogP contribution in [0.25, 0.3) is 0 Å². The fraction of sp³-hybridized carbons (Fsp3) is 0.400. The van der Waals surface area contributed by atoms with Gasteiger partial charge in [0.25, 0.3) is 5.91 Å². The summed E-state index contributed by atoms with van der Waals surface area (Å²) >= 11 is 0. The second-order valence-electron chi connectivity index (χ2n) is 5.95. The lowest BCUT2D eigenvalue weighted by Gasteiger charge is -2.19. The van der Waals surface area contributed by atoms with Gasteiger partial charge in [0.1, 0.15) is 17.4 Å². The number of fused-ring (bicyclic) bond motifs is 1. The van der Waals surface area contributed by atoms with Crippen molar-refractivity contribution in [3.63, 3.8) is 0 Å². The van der Waals surface area contributed by atoms with Gasteiger partial charge in [-0.05, 0) is 45.9 Å². The van der Waals surface area contributed by atoms with E-state index in [4.69, 9.17) is 9.47 Å². The highest BCUT2D eigenvalue weighted by atomic mass is 16.6. The van der Waals surface area contributed by atoms with Crippen molar-refractivity contribution in [1.82, 2.24) is 5.32 Å². The van der Waals surface area contributed by atoms with E-state index in [1.165, 1.54) is 25.1 Å². The van der Waals surface area contributed by atoms with E-state index in [-0.39, 0.29) is 11.3 Å². The van der Waals surface area contributed by atoms with Crippen LogP contribution >= 0.6 is 0 Å². The summed E-state index contributed by atoms with van der Waals surface area (Å²) in [6, 6.07) is 3.68. The number of hydrogen-bond donors (Lipinski definition) is 2. The molecule has 0 spiro atoms. The van der Waals surface area contributed by atoms with Crippen LogP contribution < -0.4 is 15.4 Å². The highest BCUT2D eigenvalue weighted by Gasteiger charge is 2.27. The Balaban J connectivity index is 2.21. The summed E-state index contributed by atoms with van der Waals surface area (Å²) in [6.45, 7) is 6.78. The minimum Gasteiger partial charge on any atom is -0.444 e. The van der Waals surface area contributed by atoms with Crippen LogP contribution in [-0.2, 0) is 9.53 Å². The predicted molar refractivity (Wildman–Crippen MR) is 78.9 cm³/mol. The van der Waals surface area contributed by atoms with E-state index in [0.717, 1.165) is 0 Å². The normalized spacial score (nSPS) is 17.7. The minimum atomic E-state index is -0.734. The van der Waals surface area contributed by atoms with E-state index in [0.29, 0.717) is 5.69 Å². The number of ether oxygens (including phenoxy) is 2. The molecule has 0 saturated carbocycles. The summed E-state index contributed by atoms with van der Waals surface area (Å²) in [5.74, 6) is -0.831. The van der Waals surface area contributed by atoms with Gasteiger partial charge in [0.2, 0.25) is 0 Å². The average molecular weight is 306 g/mol. The molecule has 7 nitrogen and oxygen atoms in total. The van der Waals surface area contributed by atoms with Crippen LogP contribution in [0.1, 0.15) is 38.1 Å². The molecule has 2 rings (SSSR count). The van der Waals surface area contributed by atoms with E-state index in [2.05, 4.69) is 10.6 Å². The molecule has 1 aromatic rings. The van der Waals surface area contributed by atoms with Gasteiger partial charge >= 0.3 is 12.1 Å². The predicted octanol–water partition coefficient (Wildman–Crippen LogP) is 2.07. The van der Waals surface area contributed by atoms with Crippen LogP contribution in [0.5, 0.6) is 5.75 Å². The van der Waals surface area contributed by atoms with Crippen molar-refractivity contribution in [2.75, 3.05) is 5.32 Å². The van der Waals surface area contributed by atoms with Crippen LogP contribution in [0.4, 0.5) is 10.5 Å². The molecule has 1 atom stereocenters. The van der Waals surface area contributed by atoms with E-state index in [1.807, 2.05) is 0 Å². The number of benzene rings is 1. The molecule has 0 radical (unpaired) electrons. The number of nitrogens with one attached hydrogen (secondary N) is 2. The van der Waals surface area contributed by atoms with Crippen molar-refractivity contribution in [3.8, 4) is 5.75 Å². The van der Waals surface area contributed by atoms with Crippen molar-refractivity contribution in [3.05, 3.63) is 23.8 Å². The molecule has 0 unspecified atom stereocenters. The average Bonchev–Trinajstić information content (AvgIpc) is 2.46. The largest absolute Gasteiger partial charge is 0.444 e. The summed E-state index contributed by atoms with van der Waals surface area (Å²) < 4.78 is 10.2. The zero-order valence-corrected chi connectivity index (χ0v) is 12.9. The molecule has 0 fully saturated rings. The third-order valence-electron chi connectivity index (χ3n) is 2.78. The van der Waals surface area contributed by atoms with Crippen molar-refractivity contribution < 1.29 is 23.9 Å². The van der Waals surface area contributed by atoms with Crippen LogP contribution in [0.3, 0.4) is 0 Å². The van der Waals surface area contributed by atoms with Gasteiger partial charge in [-0.25, -0.2) is 9.59 Å². The van der Waals surface area contributed by atoms with E-state index in [1.54, 1.807) is 20.8 Å². The SMILES string of the molecule is C[C@@H]1NC(=O)c2cc(NC(=O)OC(C)(C)C)ccc2OC1=O. The van der Waals surface area contributed by atoms with Gasteiger partial charge in [-0.3, -0.25) is 10.1 Å². The van der Waals surface area contributed by atoms with Gasteiger partial charge in [-0.1, -0.05) is 0 Å². The van der Waals surface area contributed by atoms with Gasteiger partial charge in [-0.2, -0.15) is 0 Å². The topological polar surface area (TPSA) is 93.7 Å². The summed E-state index contributed by atoms with van der Waals surface area (Å²) in [4.78, 5) is 35.4. The molecule has 1 aliphatic heterocycles. The molecule has 0 aromatic heterocycles. The first-order valence-corrected chi connectivity index (χ1v) is 6.82. The maximum Gasteiger partial charge on any atom is 0.412 e. The van der Waals surface area contributed by atoms with Gasteiger partial charge in [0.15, 0.2) is 0 Å². The molecule has 1 heterocycles. The molecule has 1 aliphatic rings. The number of anilines is 1. The van der Waals surface area contributed by atoms with Crippen molar-refractivity contribution in [2.45, 2.75) is 39.3 Å². The molecule has 2 N–H and O–H groups in total. The first kappa shape index (κ1) is 15.8. The smallest absolute Gasteiger partial charge is 0.412 e. The van der Waals surface area contributed by atoms with Gasteiger partial charge in [0.05, 0.1) is 5.56 Å². The Morgan fingerprint density at radius 3 is 2.64 bits per heavy atom. The Labute approximate surface area is 128 Å². The Morgan fingerprint density at radius 2 is 2.00 bits per heavy atom. The number of rotatable bonds is 1. The van der Waals surface area contributed by atoms with E-state index in [9.17, 15) is 14.4 Å². The summed E-state index contributed by atoms with van der Waals surface area (Å²) in [5, 5.41) is 5.04. The zero-order valence-electron chi connectivity index (χ0n) is 12.9. The fourth-order valence-corrected chi connectivity index (χ4v) is 1.83. The standard InChI is InChI=1S/C15H18N2O5/c1-8-13(19)21-11-6-5-9(7-10(11)12(18)16-8)17-14(20)22-15(2,3)4/h5-8H,1-4H3,(H,16,18)(H,17,20)/t8-/m0/s1. The molecule has 22 heavy (non-hydrogen) atoms. The first-order chi connectivity index (χ1) is 10.2. The molecular weight excluding hydrogens is 288 g/mol. The van der Waals surface area contributed by atoms with Crippen molar-refractivity contribution in [1.29, 1.82) is 0 Å². The molecular formula is C15H18N2O5. The molecule has 0 aliphatic carbocycles. The maximum absolute atomic E-state index is 12.0. The molecule has 7 heteroatoms. The monoisotopic (exact) mass is 306 g/mol. The lowest BCUT2D eigenvalue weighted by Crippen LogP contribution is -2.37. The summed E-state index contributed by atoms with van der Waals surface area (Å²) in [5.41, 5.74) is -0.0852. The van der Waals surface area contributed by atoms with Crippen LogP contribution in [0.15, 0.2) is 18.2 Å². The molecule has 118 valence electrons. The number of carbonyl (C=O) groups is 3. The van der Waals surface area contributed by atoms with Gasteiger partial charge in [0, 0.05) is 5.69 Å². The number of esters is 1. The maximum atomic E-state index is 12.0. The lowest BCUT2D eigenvalue weighted by atomic mass is 10.1. The van der Waals surface area contributed by atoms with Crippen LogP contribution in [0.2, 0.25) is 0 Å². The second kappa shape index (κ2) is 5.67. The molecule has 1 aromatic carbocycles. The zero-order chi connectivity index (χ0) is 16.5. The Morgan fingerprint density at radius 1 is 1.32 bits per heavy atom. The van der Waals surface area contributed by atoms with E-state index < -0.39 is 29.6 Å². The Bertz CT molecular complexity index is 633. The number of hydrogen-bond acceptors (Lipinski definition) is 5. The highest BCUT2D eigenvalue weighted by molar-refractivity contribution is 6.03. The number of carbonyl (C=O) groups excluding carboxylic acids is 3. The van der Waals surface area contributed by atoms with Gasteiger partial charge < -0.3 is 14.8 Å². The Kier molecular flexibility index (Phi) is 4.07.